The maximum atomic E-state index is 12.5. The Morgan fingerprint density at radius 3 is 2.57 bits per heavy atom. The van der Waals surface area contributed by atoms with E-state index in [1.54, 1.807) is 62.4 Å². The van der Waals surface area contributed by atoms with Crippen LogP contribution in [0.15, 0.2) is 53.6 Å². The summed E-state index contributed by atoms with van der Waals surface area (Å²) in [4.78, 5) is 35.5. The number of benzene rings is 2. The molecule has 0 saturated heterocycles. The van der Waals surface area contributed by atoms with E-state index in [4.69, 9.17) is 21.4 Å². The molecule has 1 unspecified atom stereocenters. The van der Waals surface area contributed by atoms with Gasteiger partial charge < -0.3 is 15.2 Å². The predicted molar refractivity (Wildman–Crippen MR) is 113 cm³/mol. The molecule has 0 fully saturated rings. The summed E-state index contributed by atoms with van der Waals surface area (Å²) < 4.78 is 5.09. The second-order valence-corrected chi connectivity index (χ2v) is 7.07. The third kappa shape index (κ3) is 6.89. The lowest BCUT2D eigenvalue weighted by atomic mass is 10.0. The molecule has 0 aromatic heterocycles. The van der Waals surface area contributed by atoms with Crippen molar-refractivity contribution in [3.63, 3.8) is 0 Å². The molecule has 30 heavy (non-hydrogen) atoms. The monoisotopic (exact) mass is 431 g/mol. The quantitative estimate of drug-likeness (QED) is 0.417. The molecule has 0 aliphatic heterocycles. The second kappa shape index (κ2) is 11.0. The minimum Gasteiger partial charge on any atom is -0.482 e. The zero-order valence-corrected chi connectivity index (χ0v) is 17.2. The van der Waals surface area contributed by atoms with Crippen molar-refractivity contribution in [2.45, 2.75) is 19.9 Å². The number of rotatable bonds is 9. The highest BCUT2D eigenvalue weighted by Gasteiger charge is 2.25. The van der Waals surface area contributed by atoms with E-state index >= 15 is 0 Å². The molecule has 2 rings (SSSR count). The van der Waals surface area contributed by atoms with E-state index in [0.717, 1.165) is 0 Å². The normalized spacial score (nSPS) is 11.9. The first-order chi connectivity index (χ1) is 14.3. The van der Waals surface area contributed by atoms with Crippen LogP contribution < -0.4 is 15.5 Å². The number of hydrazone groups is 1. The molecule has 158 valence electrons. The van der Waals surface area contributed by atoms with Gasteiger partial charge in [-0.3, -0.25) is 9.59 Å². The summed E-state index contributed by atoms with van der Waals surface area (Å²) in [5, 5.41) is 15.5. The number of carbonyl (C=O) groups excluding carboxylic acids is 2. The summed E-state index contributed by atoms with van der Waals surface area (Å²) in [5.41, 5.74) is 3.28. The minimum atomic E-state index is -1.08. The number of hydrogen-bond donors (Lipinski definition) is 3. The van der Waals surface area contributed by atoms with E-state index in [0.29, 0.717) is 16.3 Å². The molecule has 9 heteroatoms. The maximum absolute atomic E-state index is 12.5. The number of carboxylic acid groups (broad SMARTS) is 1. The summed E-state index contributed by atoms with van der Waals surface area (Å²) in [6.45, 7) is 3.13. The van der Waals surface area contributed by atoms with Crippen LogP contribution in [0.2, 0.25) is 5.02 Å². The van der Waals surface area contributed by atoms with Crippen LogP contribution in [0.1, 0.15) is 29.8 Å². The predicted octanol–water partition coefficient (Wildman–Crippen LogP) is 2.71. The van der Waals surface area contributed by atoms with E-state index in [1.807, 2.05) is 0 Å². The van der Waals surface area contributed by atoms with Crippen molar-refractivity contribution >= 4 is 35.6 Å². The first kappa shape index (κ1) is 22.9. The second-order valence-electron chi connectivity index (χ2n) is 6.66. The number of nitrogens with zero attached hydrogens (tertiary/aromatic N) is 1. The lowest BCUT2D eigenvalue weighted by Gasteiger charge is -2.20. The number of carboxylic acids is 1. The molecule has 0 bridgehead atoms. The van der Waals surface area contributed by atoms with E-state index in [-0.39, 0.29) is 11.5 Å². The number of carbonyl (C=O) groups is 3. The SMILES string of the molecule is CC(C)C(NC(=O)c1ccccc1Cl)C(=O)NN=Cc1cccc(OCC(=O)O)c1. The van der Waals surface area contributed by atoms with Crippen LogP contribution in [-0.2, 0) is 9.59 Å². The van der Waals surface area contributed by atoms with Crippen LogP contribution in [0.3, 0.4) is 0 Å². The third-order valence-electron chi connectivity index (χ3n) is 3.96. The fraction of sp³-hybridized carbons (Fsp3) is 0.238. The van der Waals surface area contributed by atoms with Crippen molar-refractivity contribution in [2.75, 3.05) is 6.61 Å². The smallest absolute Gasteiger partial charge is 0.341 e. The van der Waals surface area contributed by atoms with Crippen molar-refractivity contribution in [3.8, 4) is 5.75 Å². The molecular weight excluding hydrogens is 410 g/mol. The minimum absolute atomic E-state index is 0.195. The largest absolute Gasteiger partial charge is 0.482 e. The molecule has 0 saturated carbocycles. The molecule has 1 atom stereocenters. The van der Waals surface area contributed by atoms with Crippen LogP contribution >= 0.6 is 11.6 Å². The average molecular weight is 432 g/mol. The molecule has 2 aromatic rings. The van der Waals surface area contributed by atoms with Crippen LogP contribution in [0.25, 0.3) is 0 Å². The summed E-state index contributed by atoms with van der Waals surface area (Å²) >= 11 is 6.04. The van der Waals surface area contributed by atoms with Crippen molar-refractivity contribution in [2.24, 2.45) is 11.0 Å². The van der Waals surface area contributed by atoms with Gasteiger partial charge in [-0.2, -0.15) is 5.10 Å². The van der Waals surface area contributed by atoms with Gasteiger partial charge in [0, 0.05) is 0 Å². The summed E-state index contributed by atoms with van der Waals surface area (Å²) in [7, 11) is 0. The topological polar surface area (TPSA) is 117 Å². The maximum Gasteiger partial charge on any atom is 0.341 e. The number of hydrogen-bond acceptors (Lipinski definition) is 5. The summed E-state index contributed by atoms with van der Waals surface area (Å²) in [6.07, 6.45) is 1.39. The number of amides is 2. The fourth-order valence-corrected chi connectivity index (χ4v) is 2.69. The van der Waals surface area contributed by atoms with Gasteiger partial charge in [0.1, 0.15) is 11.8 Å². The van der Waals surface area contributed by atoms with Crippen LogP contribution in [0.4, 0.5) is 0 Å². The first-order valence-corrected chi connectivity index (χ1v) is 9.48. The highest BCUT2D eigenvalue weighted by atomic mass is 35.5. The Kier molecular flexibility index (Phi) is 8.37. The van der Waals surface area contributed by atoms with E-state index in [9.17, 15) is 14.4 Å². The summed E-state index contributed by atoms with van der Waals surface area (Å²) in [5.74, 6) is -1.86. The van der Waals surface area contributed by atoms with Crippen LogP contribution in [-0.4, -0.2) is 41.8 Å². The van der Waals surface area contributed by atoms with E-state index in [1.165, 1.54) is 6.21 Å². The summed E-state index contributed by atoms with van der Waals surface area (Å²) in [6, 6.07) is 12.3. The highest BCUT2D eigenvalue weighted by Crippen LogP contribution is 2.15. The van der Waals surface area contributed by atoms with Gasteiger partial charge in [-0.15, -0.1) is 0 Å². The Balaban J connectivity index is 2.00. The zero-order valence-electron chi connectivity index (χ0n) is 16.5. The van der Waals surface area contributed by atoms with Gasteiger partial charge in [-0.25, -0.2) is 10.2 Å². The standard InChI is InChI=1S/C21H22ClN3O5/c1-13(2)19(24-20(28)16-8-3-4-9-17(16)22)21(29)25-23-11-14-6-5-7-15(10-14)30-12-18(26)27/h3-11,13,19H,12H2,1-2H3,(H,24,28)(H,25,29)(H,26,27). The number of ether oxygens (including phenoxy) is 1. The molecule has 0 aliphatic rings. The zero-order chi connectivity index (χ0) is 22.1. The van der Waals surface area contributed by atoms with Gasteiger partial charge in [0.2, 0.25) is 0 Å². The number of aliphatic carboxylic acids is 1. The van der Waals surface area contributed by atoms with E-state index < -0.39 is 30.4 Å². The van der Waals surface area contributed by atoms with Gasteiger partial charge in [0.25, 0.3) is 11.8 Å². The van der Waals surface area contributed by atoms with Crippen LogP contribution in [0.5, 0.6) is 5.75 Å². The molecular formula is C21H22ClN3O5. The van der Waals surface area contributed by atoms with Crippen molar-refractivity contribution in [1.82, 2.24) is 10.7 Å². The lowest BCUT2D eigenvalue weighted by molar-refractivity contribution is -0.139. The fourth-order valence-electron chi connectivity index (χ4n) is 2.47. The number of nitrogens with one attached hydrogen (secondary N) is 2. The Labute approximate surface area is 178 Å². The third-order valence-corrected chi connectivity index (χ3v) is 4.29. The highest BCUT2D eigenvalue weighted by molar-refractivity contribution is 6.33. The molecule has 0 heterocycles. The van der Waals surface area contributed by atoms with Gasteiger partial charge in [0.15, 0.2) is 6.61 Å². The van der Waals surface area contributed by atoms with Gasteiger partial charge in [0.05, 0.1) is 16.8 Å². The Morgan fingerprint density at radius 1 is 1.17 bits per heavy atom. The van der Waals surface area contributed by atoms with Crippen LogP contribution in [0, 0.1) is 5.92 Å². The lowest BCUT2D eigenvalue weighted by Crippen LogP contribution is -2.48. The number of halogens is 1. The molecule has 3 N–H and O–H groups in total. The van der Waals surface area contributed by atoms with Gasteiger partial charge in [-0.05, 0) is 35.7 Å². The van der Waals surface area contributed by atoms with Gasteiger partial charge >= 0.3 is 5.97 Å². The Hall–Kier alpha value is -3.39. The first-order valence-electron chi connectivity index (χ1n) is 9.11. The van der Waals surface area contributed by atoms with Crippen molar-refractivity contribution in [3.05, 3.63) is 64.7 Å². The molecule has 8 nitrogen and oxygen atoms in total. The Morgan fingerprint density at radius 2 is 1.90 bits per heavy atom. The van der Waals surface area contributed by atoms with Gasteiger partial charge in [-0.1, -0.05) is 49.7 Å². The van der Waals surface area contributed by atoms with Crippen molar-refractivity contribution < 1.29 is 24.2 Å². The van der Waals surface area contributed by atoms with Crippen molar-refractivity contribution in [1.29, 1.82) is 0 Å². The molecule has 0 spiro atoms. The molecule has 0 radical (unpaired) electrons. The van der Waals surface area contributed by atoms with E-state index in [2.05, 4.69) is 15.8 Å². The molecule has 0 aliphatic carbocycles. The Bertz CT molecular complexity index is 946. The molecule has 2 aromatic carbocycles. The average Bonchev–Trinajstić information content (AvgIpc) is 2.70. The molecule has 2 amide bonds.